The van der Waals surface area contributed by atoms with Gasteiger partial charge in [0.05, 0.1) is 11.3 Å². The molecule has 20 heavy (non-hydrogen) atoms. The summed E-state index contributed by atoms with van der Waals surface area (Å²) in [5, 5.41) is 13.6. The van der Waals surface area contributed by atoms with Gasteiger partial charge in [-0.05, 0) is 30.3 Å². The molecule has 102 valence electrons. The van der Waals surface area contributed by atoms with Gasteiger partial charge in [-0.15, -0.1) is 0 Å². The molecule has 0 aliphatic heterocycles. The van der Waals surface area contributed by atoms with Gasteiger partial charge in [0, 0.05) is 5.69 Å². The monoisotopic (exact) mass is 274 g/mol. The molecule has 2 amide bonds. The second-order valence-electron chi connectivity index (χ2n) is 3.94. The number of amides is 2. The number of carbonyl (C=O) groups is 2. The van der Waals surface area contributed by atoms with Crippen LogP contribution in [-0.4, -0.2) is 17.1 Å². The third-order valence-corrected chi connectivity index (χ3v) is 2.49. The summed E-state index contributed by atoms with van der Waals surface area (Å²) < 4.78 is 13.3. The van der Waals surface area contributed by atoms with Gasteiger partial charge in [-0.25, -0.2) is 14.0 Å². The highest BCUT2D eigenvalue weighted by atomic mass is 19.1. The second-order valence-corrected chi connectivity index (χ2v) is 3.94. The molecule has 2 aromatic rings. The molecule has 0 saturated heterocycles. The summed E-state index contributed by atoms with van der Waals surface area (Å²) in [6.45, 7) is 0. The Bertz CT molecular complexity index is 658. The number of aromatic carboxylic acids is 1. The Balaban J connectivity index is 2.07. The van der Waals surface area contributed by atoms with Gasteiger partial charge < -0.3 is 15.7 Å². The molecule has 0 saturated carbocycles. The molecule has 0 radical (unpaired) electrons. The molecule has 0 bridgehead atoms. The number of carboxylic acid groups (broad SMARTS) is 1. The number of carboxylic acids is 1. The van der Waals surface area contributed by atoms with Gasteiger partial charge in [0.2, 0.25) is 0 Å². The lowest BCUT2D eigenvalue weighted by Crippen LogP contribution is -2.20. The van der Waals surface area contributed by atoms with Crippen LogP contribution in [0.1, 0.15) is 10.4 Å². The van der Waals surface area contributed by atoms with Gasteiger partial charge in [-0.1, -0.05) is 18.2 Å². The zero-order chi connectivity index (χ0) is 14.5. The van der Waals surface area contributed by atoms with E-state index in [2.05, 4.69) is 10.6 Å². The Labute approximate surface area is 114 Å². The molecule has 0 aliphatic rings. The van der Waals surface area contributed by atoms with Crippen molar-refractivity contribution in [2.24, 2.45) is 0 Å². The fourth-order valence-electron chi connectivity index (χ4n) is 1.58. The van der Waals surface area contributed by atoms with Crippen LogP contribution in [0.5, 0.6) is 0 Å². The lowest BCUT2D eigenvalue weighted by atomic mass is 10.2. The van der Waals surface area contributed by atoms with Crippen molar-refractivity contribution >= 4 is 23.4 Å². The molecule has 2 rings (SSSR count). The quantitative estimate of drug-likeness (QED) is 0.804. The molecular formula is C14H11FN2O3. The van der Waals surface area contributed by atoms with Crippen LogP contribution in [0.3, 0.4) is 0 Å². The topological polar surface area (TPSA) is 78.4 Å². The summed E-state index contributed by atoms with van der Waals surface area (Å²) >= 11 is 0. The molecule has 0 heterocycles. The molecule has 5 nitrogen and oxygen atoms in total. The van der Waals surface area contributed by atoms with Crippen LogP contribution in [0, 0.1) is 5.82 Å². The van der Waals surface area contributed by atoms with E-state index in [1.54, 1.807) is 6.07 Å². The van der Waals surface area contributed by atoms with E-state index in [4.69, 9.17) is 5.11 Å². The fourth-order valence-corrected chi connectivity index (χ4v) is 1.58. The normalized spacial score (nSPS) is 9.85. The minimum absolute atomic E-state index is 0.0411. The summed E-state index contributed by atoms with van der Waals surface area (Å²) in [5.74, 6) is -1.65. The summed E-state index contributed by atoms with van der Waals surface area (Å²) in [6.07, 6.45) is 0. The Morgan fingerprint density at radius 2 is 1.75 bits per heavy atom. The minimum Gasteiger partial charge on any atom is -0.478 e. The predicted octanol–water partition coefficient (Wildman–Crippen LogP) is 3.17. The summed E-state index contributed by atoms with van der Waals surface area (Å²) in [7, 11) is 0. The van der Waals surface area contributed by atoms with Crippen LogP contribution < -0.4 is 10.6 Å². The molecule has 0 spiro atoms. The van der Waals surface area contributed by atoms with Crippen LogP contribution in [0.4, 0.5) is 20.6 Å². The molecular weight excluding hydrogens is 263 g/mol. The average molecular weight is 274 g/mol. The standard InChI is InChI=1S/C14H11FN2O3/c15-11-6-1-2-7-12(11)17-14(20)16-10-5-3-4-9(8-10)13(18)19/h1-8H,(H,18,19)(H2,16,17,20). The number of halogens is 1. The zero-order valence-electron chi connectivity index (χ0n) is 10.3. The lowest BCUT2D eigenvalue weighted by molar-refractivity contribution is 0.0697. The number of benzene rings is 2. The number of rotatable bonds is 3. The van der Waals surface area contributed by atoms with Gasteiger partial charge >= 0.3 is 12.0 Å². The summed E-state index contributed by atoms with van der Waals surface area (Å²) in [5.41, 5.74) is 0.395. The molecule has 0 unspecified atom stereocenters. The van der Waals surface area contributed by atoms with Gasteiger partial charge in [-0.3, -0.25) is 0 Å². The first-order valence-corrected chi connectivity index (χ1v) is 5.72. The third kappa shape index (κ3) is 3.32. The van der Waals surface area contributed by atoms with Gasteiger partial charge in [0.1, 0.15) is 5.82 Å². The fraction of sp³-hybridized carbons (Fsp3) is 0. The first-order chi connectivity index (χ1) is 9.56. The molecule has 2 aromatic carbocycles. The van der Waals surface area contributed by atoms with Crippen LogP contribution in [0.25, 0.3) is 0 Å². The number of para-hydroxylation sites is 1. The number of anilines is 2. The Hall–Kier alpha value is -2.89. The van der Waals surface area contributed by atoms with E-state index in [1.807, 2.05) is 0 Å². The van der Waals surface area contributed by atoms with Crippen molar-refractivity contribution in [3.8, 4) is 0 Å². The maximum absolute atomic E-state index is 13.3. The van der Waals surface area contributed by atoms with Crippen molar-refractivity contribution in [3.05, 3.63) is 59.9 Å². The summed E-state index contributed by atoms with van der Waals surface area (Å²) in [4.78, 5) is 22.5. The average Bonchev–Trinajstić information content (AvgIpc) is 2.41. The molecule has 0 atom stereocenters. The van der Waals surface area contributed by atoms with Gasteiger partial charge in [-0.2, -0.15) is 0 Å². The van der Waals surface area contributed by atoms with Crippen molar-refractivity contribution in [2.45, 2.75) is 0 Å². The number of hydrogen-bond acceptors (Lipinski definition) is 2. The molecule has 0 aromatic heterocycles. The number of carbonyl (C=O) groups excluding carboxylic acids is 1. The first-order valence-electron chi connectivity index (χ1n) is 5.72. The van der Waals surface area contributed by atoms with Crippen molar-refractivity contribution in [1.82, 2.24) is 0 Å². The van der Waals surface area contributed by atoms with E-state index in [0.717, 1.165) is 0 Å². The van der Waals surface area contributed by atoms with E-state index < -0.39 is 17.8 Å². The maximum atomic E-state index is 13.3. The highest BCUT2D eigenvalue weighted by Crippen LogP contribution is 2.14. The smallest absolute Gasteiger partial charge is 0.335 e. The van der Waals surface area contributed by atoms with E-state index in [-0.39, 0.29) is 11.3 Å². The van der Waals surface area contributed by atoms with Crippen molar-refractivity contribution in [2.75, 3.05) is 10.6 Å². The van der Waals surface area contributed by atoms with Gasteiger partial charge in [0.25, 0.3) is 0 Å². The number of urea groups is 1. The number of hydrogen-bond donors (Lipinski definition) is 3. The molecule has 6 heteroatoms. The van der Waals surface area contributed by atoms with E-state index >= 15 is 0 Å². The molecule has 3 N–H and O–H groups in total. The van der Waals surface area contributed by atoms with E-state index in [1.165, 1.54) is 42.5 Å². The highest BCUT2D eigenvalue weighted by molar-refractivity contribution is 6.00. The maximum Gasteiger partial charge on any atom is 0.335 e. The van der Waals surface area contributed by atoms with Crippen molar-refractivity contribution < 1.29 is 19.1 Å². The van der Waals surface area contributed by atoms with Crippen molar-refractivity contribution in [3.63, 3.8) is 0 Å². The summed E-state index contributed by atoms with van der Waals surface area (Å²) in [6, 6.07) is 10.8. The first kappa shape index (κ1) is 13.5. The van der Waals surface area contributed by atoms with Crippen LogP contribution >= 0.6 is 0 Å². The second kappa shape index (κ2) is 5.83. The predicted molar refractivity (Wildman–Crippen MR) is 72.4 cm³/mol. The van der Waals surface area contributed by atoms with E-state index in [0.29, 0.717) is 5.69 Å². The van der Waals surface area contributed by atoms with Gasteiger partial charge in [0.15, 0.2) is 0 Å². The number of nitrogens with one attached hydrogen (secondary N) is 2. The van der Waals surface area contributed by atoms with Crippen LogP contribution in [-0.2, 0) is 0 Å². The largest absolute Gasteiger partial charge is 0.478 e. The lowest BCUT2D eigenvalue weighted by Gasteiger charge is -2.08. The SMILES string of the molecule is O=C(Nc1cccc(C(=O)O)c1)Nc1ccccc1F. The van der Waals surface area contributed by atoms with Crippen molar-refractivity contribution in [1.29, 1.82) is 0 Å². The third-order valence-electron chi connectivity index (χ3n) is 2.49. The van der Waals surface area contributed by atoms with Crippen LogP contribution in [0.2, 0.25) is 0 Å². The van der Waals surface area contributed by atoms with Crippen LogP contribution in [0.15, 0.2) is 48.5 Å². The molecule has 0 fully saturated rings. The molecule has 0 aliphatic carbocycles. The minimum atomic E-state index is -1.09. The highest BCUT2D eigenvalue weighted by Gasteiger charge is 2.08. The zero-order valence-corrected chi connectivity index (χ0v) is 10.3. The van der Waals surface area contributed by atoms with E-state index in [9.17, 15) is 14.0 Å². The Kier molecular flexibility index (Phi) is 3.95. The Morgan fingerprint density at radius 1 is 1.00 bits per heavy atom. The Morgan fingerprint density at radius 3 is 2.45 bits per heavy atom.